The summed E-state index contributed by atoms with van der Waals surface area (Å²) in [5.41, 5.74) is 3.97. The van der Waals surface area contributed by atoms with Crippen molar-refractivity contribution in [1.29, 1.82) is 0 Å². The second-order valence-corrected chi connectivity index (χ2v) is 11.6. The number of para-hydroxylation sites is 1. The predicted molar refractivity (Wildman–Crippen MR) is 158 cm³/mol. The number of halogens is 1. The van der Waals surface area contributed by atoms with Gasteiger partial charge in [-0.25, -0.2) is 4.79 Å². The number of hydrogen-bond acceptors (Lipinski definition) is 4. The summed E-state index contributed by atoms with van der Waals surface area (Å²) < 4.78 is 0. The average Bonchev–Trinajstić information content (AvgIpc) is 3.15. The van der Waals surface area contributed by atoms with Gasteiger partial charge in [-0.05, 0) is 74.8 Å². The Kier molecular flexibility index (Phi) is 8.45. The molecule has 0 radical (unpaired) electrons. The maximum Gasteiger partial charge on any atom is 0.318 e. The summed E-state index contributed by atoms with van der Waals surface area (Å²) in [5, 5.41) is 8.25. The lowest BCUT2D eigenvalue weighted by Crippen LogP contribution is -2.56. The zero-order valence-electron chi connectivity index (χ0n) is 23.0. The number of fused-ring (bicyclic) bond motifs is 2. The molecule has 0 unspecified atom stereocenters. The number of carbonyl (C=O) groups excluding carboxylic acids is 2. The van der Waals surface area contributed by atoms with E-state index in [0.717, 1.165) is 60.2 Å². The van der Waals surface area contributed by atoms with Crippen LogP contribution < -0.4 is 15.5 Å². The highest BCUT2D eigenvalue weighted by molar-refractivity contribution is 6.30. The van der Waals surface area contributed by atoms with Crippen molar-refractivity contribution in [1.82, 2.24) is 25.4 Å². The highest BCUT2D eigenvalue weighted by Gasteiger charge is 2.38. The Labute approximate surface area is 235 Å². The molecular formula is C30H39ClN6O2. The van der Waals surface area contributed by atoms with Crippen LogP contribution in [0.3, 0.4) is 0 Å². The third kappa shape index (κ3) is 6.08. The van der Waals surface area contributed by atoms with Gasteiger partial charge in [0.2, 0.25) is 5.91 Å². The molecule has 0 bridgehead atoms. The van der Waals surface area contributed by atoms with E-state index in [4.69, 9.17) is 11.6 Å². The van der Waals surface area contributed by atoms with E-state index in [-0.39, 0.29) is 23.8 Å². The first-order valence-corrected chi connectivity index (χ1v) is 14.3. The fourth-order valence-electron chi connectivity index (χ4n) is 6.05. The maximum absolute atomic E-state index is 14.6. The molecule has 8 nitrogen and oxygen atoms in total. The molecule has 5 rings (SSSR count). The number of rotatable bonds is 6. The maximum atomic E-state index is 14.6. The van der Waals surface area contributed by atoms with E-state index in [9.17, 15) is 9.59 Å². The Morgan fingerprint density at radius 2 is 1.97 bits per heavy atom. The van der Waals surface area contributed by atoms with Crippen molar-refractivity contribution < 1.29 is 9.59 Å². The first-order valence-electron chi connectivity index (χ1n) is 13.9. The van der Waals surface area contributed by atoms with Crippen molar-refractivity contribution in [3.8, 4) is 0 Å². The lowest BCUT2D eigenvalue weighted by Gasteiger charge is -2.39. The van der Waals surface area contributed by atoms with Crippen LogP contribution in [-0.4, -0.2) is 86.1 Å². The predicted octanol–water partition coefficient (Wildman–Crippen LogP) is 4.07. The molecule has 3 N–H and O–H groups in total. The quantitative estimate of drug-likeness (QED) is 0.432. The Morgan fingerprint density at radius 3 is 2.79 bits per heavy atom. The minimum atomic E-state index is -0.741. The first-order chi connectivity index (χ1) is 18.8. The minimum Gasteiger partial charge on any atom is -0.361 e. The third-order valence-corrected chi connectivity index (χ3v) is 8.19. The largest absolute Gasteiger partial charge is 0.361 e. The zero-order valence-corrected chi connectivity index (χ0v) is 23.8. The topological polar surface area (TPSA) is 83.7 Å². The van der Waals surface area contributed by atoms with Crippen LogP contribution in [-0.2, 0) is 11.2 Å². The highest BCUT2D eigenvalue weighted by Crippen LogP contribution is 2.35. The van der Waals surface area contributed by atoms with Crippen LogP contribution in [0.1, 0.15) is 30.4 Å². The first kappa shape index (κ1) is 27.5. The number of aromatic nitrogens is 1. The smallest absolute Gasteiger partial charge is 0.318 e. The minimum absolute atomic E-state index is 0.0962. The van der Waals surface area contributed by atoms with Crippen LogP contribution in [0.5, 0.6) is 0 Å². The van der Waals surface area contributed by atoms with Crippen molar-refractivity contribution >= 4 is 40.1 Å². The second-order valence-electron chi connectivity index (χ2n) is 11.2. The fraction of sp³-hybridized carbons (Fsp3) is 0.467. The SMILES string of the molecule is C[C@@H](c1c[nH]c2ccccc12)[C@@H](NC(=O)N1CCCNCC1)C(=O)N1C[C@@H](CN(C)C)Cc2cc(Cl)ccc21. The number of nitrogens with zero attached hydrogens (tertiary/aromatic N) is 3. The van der Waals surface area contributed by atoms with Crippen molar-refractivity contribution in [3.05, 3.63) is 64.8 Å². The molecule has 3 heterocycles. The molecule has 9 heteroatoms. The second kappa shape index (κ2) is 12.0. The molecule has 3 atom stereocenters. The Balaban J connectivity index is 1.50. The van der Waals surface area contributed by atoms with Gasteiger partial charge in [0.15, 0.2) is 0 Å². The molecule has 3 amide bonds. The van der Waals surface area contributed by atoms with Crippen molar-refractivity contribution in [2.45, 2.75) is 31.7 Å². The van der Waals surface area contributed by atoms with Crippen LogP contribution in [0, 0.1) is 5.92 Å². The van der Waals surface area contributed by atoms with Crippen molar-refractivity contribution in [3.63, 3.8) is 0 Å². The number of urea groups is 1. The van der Waals surface area contributed by atoms with Gasteiger partial charge in [-0.15, -0.1) is 0 Å². The van der Waals surface area contributed by atoms with Crippen molar-refractivity contribution in [2.24, 2.45) is 5.92 Å². The molecule has 39 heavy (non-hydrogen) atoms. The monoisotopic (exact) mass is 550 g/mol. The van der Waals surface area contributed by atoms with E-state index in [1.807, 2.05) is 59.3 Å². The summed E-state index contributed by atoms with van der Waals surface area (Å²) in [5.74, 6) is -0.0971. The molecule has 2 aliphatic rings. The Morgan fingerprint density at radius 1 is 1.15 bits per heavy atom. The number of aromatic amines is 1. The van der Waals surface area contributed by atoms with E-state index in [1.54, 1.807) is 0 Å². The highest BCUT2D eigenvalue weighted by atomic mass is 35.5. The molecule has 1 aromatic heterocycles. The van der Waals surface area contributed by atoms with Crippen LogP contribution >= 0.6 is 11.6 Å². The summed E-state index contributed by atoms with van der Waals surface area (Å²) in [7, 11) is 4.11. The zero-order chi connectivity index (χ0) is 27.5. The van der Waals surface area contributed by atoms with Gasteiger partial charge in [-0.2, -0.15) is 0 Å². The molecule has 1 saturated heterocycles. The molecule has 0 aliphatic carbocycles. The Bertz CT molecular complexity index is 1320. The summed E-state index contributed by atoms with van der Waals surface area (Å²) in [4.78, 5) is 37.3. The summed E-state index contributed by atoms with van der Waals surface area (Å²) >= 11 is 6.38. The van der Waals surface area contributed by atoms with Gasteiger partial charge >= 0.3 is 6.03 Å². The van der Waals surface area contributed by atoms with Crippen molar-refractivity contribution in [2.75, 3.05) is 58.3 Å². The van der Waals surface area contributed by atoms with Crippen LogP contribution in [0.25, 0.3) is 10.9 Å². The van der Waals surface area contributed by atoms with E-state index < -0.39 is 6.04 Å². The summed E-state index contributed by atoms with van der Waals surface area (Å²) in [6.07, 6.45) is 3.71. The number of amides is 3. The van der Waals surface area contributed by atoms with E-state index in [2.05, 4.69) is 40.7 Å². The average molecular weight is 551 g/mol. The molecular weight excluding hydrogens is 512 g/mol. The van der Waals surface area contributed by atoms with Gasteiger partial charge < -0.3 is 30.3 Å². The van der Waals surface area contributed by atoms with Gasteiger partial charge in [0.05, 0.1) is 0 Å². The molecule has 208 valence electrons. The number of hydrogen-bond donors (Lipinski definition) is 3. The van der Waals surface area contributed by atoms with Crippen LogP contribution in [0.15, 0.2) is 48.7 Å². The van der Waals surface area contributed by atoms with Gasteiger partial charge in [0.1, 0.15) is 6.04 Å². The van der Waals surface area contributed by atoms with Gasteiger partial charge in [0.25, 0.3) is 0 Å². The van der Waals surface area contributed by atoms with E-state index >= 15 is 0 Å². The molecule has 3 aromatic rings. The van der Waals surface area contributed by atoms with E-state index in [1.165, 1.54) is 0 Å². The third-order valence-electron chi connectivity index (χ3n) is 7.96. The standard InChI is InChI=1S/C30H39ClN6O2/c1-20(25-17-33-26-8-5-4-7-24(25)26)28(34-30(39)36-13-6-11-32-12-14-36)29(38)37-19-21(18-35(2)3)15-22-16-23(31)9-10-27(22)37/h4-5,7-10,16-17,20-21,28,32-33H,6,11-15,18-19H2,1-3H3,(H,34,39)/t20-,21+,28+/m0/s1. The molecule has 1 fully saturated rings. The fourth-order valence-corrected chi connectivity index (χ4v) is 6.25. The Hall–Kier alpha value is -3.07. The van der Waals surface area contributed by atoms with Gasteiger partial charge in [0, 0.05) is 66.5 Å². The lowest BCUT2D eigenvalue weighted by molar-refractivity contribution is -0.121. The van der Waals surface area contributed by atoms with Gasteiger partial charge in [-0.1, -0.05) is 36.7 Å². The number of benzene rings is 2. The normalized spacial score (nSPS) is 19.5. The van der Waals surface area contributed by atoms with E-state index in [0.29, 0.717) is 24.7 Å². The lowest BCUT2D eigenvalue weighted by atomic mass is 9.88. The number of anilines is 1. The van der Waals surface area contributed by atoms with Crippen LogP contribution in [0.2, 0.25) is 5.02 Å². The molecule has 2 aromatic carbocycles. The number of nitrogens with one attached hydrogen (secondary N) is 3. The summed E-state index contributed by atoms with van der Waals surface area (Å²) in [6.45, 7) is 6.39. The number of H-pyrrole nitrogens is 1. The van der Waals surface area contributed by atoms with Gasteiger partial charge in [-0.3, -0.25) is 4.79 Å². The molecule has 2 aliphatic heterocycles. The molecule has 0 saturated carbocycles. The summed E-state index contributed by atoms with van der Waals surface area (Å²) in [6, 6.07) is 12.9. The van der Waals surface area contributed by atoms with Crippen LogP contribution in [0.4, 0.5) is 10.5 Å². The molecule has 0 spiro atoms. The number of carbonyl (C=O) groups is 2.